The average Bonchev–Trinajstić information content (AvgIpc) is 2.79. The molecule has 0 saturated heterocycles. The number of nitrogen functional groups attached to an aromatic ring is 1. The maximum atomic E-state index is 12.2. The number of hydrogen-bond donors (Lipinski definition) is 2. The maximum absolute atomic E-state index is 12.2. The van der Waals surface area contributed by atoms with Crippen molar-refractivity contribution in [2.75, 3.05) is 35.7 Å². The van der Waals surface area contributed by atoms with Crippen molar-refractivity contribution in [2.24, 2.45) is 0 Å². The first-order chi connectivity index (χ1) is 9.49. The average molecular weight is 316 g/mol. The molecule has 7 heteroatoms. The Hall–Kier alpha value is -0.950. The molecule has 1 aromatic rings. The van der Waals surface area contributed by atoms with Crippen LogP contribution in [0.3, 0.4) is 0 Å². The van der Waals surface area contributed by atoms with Crippen molar-refractivity contribution < 1.29 is 4.79 Å². The van der Waals surface area contributed by atoms with E-state index in [9.17, 15) is 4.79 Å². The fourth-order valence-electron chi connectivity index (χ4n) is 1.70. The van der Waals surface area contributed by atoms with Gasteiger partial charge in [0.05, 0.1) is 0 Å². The highest BCUT2D eigenvalue weighted by Crippen LogP contribution is 2.27. The van der Waals surface area contributed by atoms with Gasteiger partial charge in [-0.15, -0.1) is 0 Å². The second-order valence-electron chi connectivity index (χ2n) is 4.67. The van der Waals surface area contributed by atoms with E-state index in [1.165, 1.54) is 11.3 Å². The van der Waals surface area contributed by atoms with Crippen LogP contribution in [0.4, 0.5) is 10.9 Å². The summed E-state index contributed by atoms with van der Waals surface area (Å²) in [6, 6.07) is 0.130. The van der Waals surface area contributed by atoms with E-state index in [0.717, 1.165) is 29.6 Å². The van der Waals surface area contributed by atoms with E-state index in [4.69, 9.17) is 5.73 Å². The largest absolute Gasteiger partial charge is 0.382 e. The van der Waals surface area contributed by atoms with E-state index in [0.29, 0.717) is 10.7 Å². The minimum absolute atomic E-state index is 0.125. The Bertz CT molecular complexity index is 436. The van der Waals surface area contributed by atoms with Gasteiger partial charge in [-0.1, -0.05) is 25.2 Å². The number of carbonyl (C=O) groups excluding carboxylic acids is 1. The normalized spacial score (nSPS) is 12.2. The summed E-state index contributed by atoms with van der Waals surface area (Å²) in [6.45, 7) is 7.11. The quantitative estimate of drug-likeness (QED) is 0.771. The van der Waals surface area contributed by atoms with Crippen molar-refractivity contribution in [1.82, 2.24) is 10.3 Å². The van der Waals surface area contributed by atoms with E-state index in [1.54, 1.807) is 0 Å². The lowest BCUT2D eigenvalue weighted by Gasteiger charge is -2.13. The summed E-state index contributed by atoms with van der Waals surface area (Å²) in [5.41, 5.74) is 5.86. The van der Waals surface area contributed by atoms with E-state index in [2.05, 4.69) is 24.1 Å². The molecular formula is C13H24N4OS2. The second kappa shape index (κ2) is 8.36. The van der Waals surface area contributed by atoms with Crippen LogP contribution in [0.25, 0.3) is 0 Å². The third-order valence-corrected chi connectivity index (χ3v) is 5.01. The zero-order chi connectivity index (χ0) is 15.1. The van der Waals surface area contributed by atoms with Crippen LogP contribution in [0.1, 0.15) is 36.9 Å². The van der Waals surface area contributed by atoms with E-state index < -0.39 is 0 Å². The van der Waals surface area contributed by atoms with Gasteiger partial charge in [0.15, 0.2) is 5.13 Å². The first-order valence-corrected chi connectivity index (χ1v) is 8.82. The van der Waals surface area contributed by atoms with E-state index >= 15 is 0 Å². The highest BCUT2D eigenvalue weighted by Gasteiger charge is 2.19. The number of anilines is 2. The molecule has 3 N–H and O–H groups in total. The van der Waals surface area contributed by atoms with Gasteiger partial charge in [0, 0.05) is 25.4 Å². The molecule has 0 aliphatic carbocycles. The van der Waals surface area contributed by atoms with E-state index in [1.807, 2.05) is 30.6 Å². The number of thioether (sulfide) groups is 1. The lowest BCUT2D eigenvalue weighted by Crippen LogP contribution is -2.34. The molecule has 0 aliphatic heterocycles. The molecule has 1 rings (SSSR count). The third-order valence-electron chi connectivity index (χ3n) is 2.68. The molecule has 5 nitrogen and oxygen atoms in total. The van der Waals surface area contributed by atoms with Crippen molar-refractivity contribution >= 4 is 40.0 Å². The number of aromatic nitrogens is 1. The van der Waals surface area contributed by atoms with Crippen LogP contribution in [-0.4, -0.2) is 42.0 Å². The van der Waals surface area contributed by atoms with Crippen LogP contribution < -0.4 is 16.0 Å². The Balaban J connectivity index is 2.68. The van der Waals surface area contributed by atoms with Crippen molar-refractivity contribution in [3.05, 3.63) is 4.88 Å². The Morgan fingerprint density at radius 2 is 2.25 bits per heavy atom. The maximum Gasteiger partial charge on any atom is 0.265 e. The van der Waals surface area contributed by atoms with Gasteiger partial charge < -0.3 is 16.0 Å². The van der Waals surface area contributed by atoms with Crippen LogP contribution in [0.15, 0.2) is 0 Å². The molecule has 0 spiro atoms. The number of nitrogens with one attached hydrogen (secondary N) is 1. The van der Waals surface area contributed by atoms with Crippen molar-refractivity contribution in [3.63, 3.8) is 0 Å². The molecule has 0 aromatic carbocycles. The van der Waals surface area contributed by atoms with Crippen LogP contribution in [0, 0.1) is 0 Å². The molecule has 0 fully saturated rings. The summed E-state index contributed by atoms with van der Waals surface area (Å²) in [5, 5.41) is 3.76. The minimum Gasteiger partial charge on any atom is -0.382 e. The summed E-state index contributed by atoms with van der Waals surface area (Å²) >= 11 is 3.16. The zero-order valence-electron chi connectivity index (χ0n) is 12.6. The minimum atomic E-state index is -0.125. The molecule has 20 heavy (non-hydrogen) atoms. The fraction of sp³-hybridized carbons (Fsp3) is 0.692. The Labute approximate surface area is 129 Å². The molecule has 1 unspecified atom stereocenters. The number of carbonyl (C=O) groups is 1. The molecule has 1 heterocycles. The molecule has 1 atom stereocenters. The number of nitrogens with two attached hydrogens (primary N) is 1. The van der Waals surface area contributed by atoms with E-state index in [-0.39, 0.29) is 11.9 Å². The molecule has 0 aliphatic rings. The number of nitrogens with zero attached hydrogens (tertiary/aromatic N) is 2. The van der Waals surface area contributed by atoms with Gasteiger partial charge in [0.2, 0.25) is 0 Å². The summed E-state index contributed by atoms with van der Waals surface area (Å²) in [4.78, 5) is 19.0. The van der Waals surface area contributed by atoms with Crippen LogP contribution in [0.2, 0.25) is 0 Å². The predicted molar refractivity (Wildman–Crippen MR) is 90.0 cm³/mol. The first-order valence-electron chi connectivity index (χ1n) is 6.85. The Kier molecular flexibility index (Phi) is 7.15. The molecular weight excluding hydrogens is 292 g/mol. The predicted octanol–water partition coefficient (Wildman–Crippen LogP) is 2.44. The van der Waals surface area contributed by atoms with Gasteiger partial charge >= 0.3 is 0 Å². The number of amides is 1. The third kappa shape index (κ3) is 4.86. The molecule has 114 valence electrons. The van der Waals surface area contributed by atoms with Crippen molar-refractivity contribution in [3.8, 4) is 0 Å². The van der Waals surface area contributed by atoms with Gasteiger partial charge in [-0.2, -0.15) is 11.8 Å². The lowest BCUT2D eigenvalue weighted by molar-refractivity contribution is 0.0948. The molecule has 0 radical (unpaired) electrons. The van der Waals surface area contributed by atoms with Crippen molar-refractivity contribution in [1.29, 1.82) is 0 Å². The highest BCUT2D eigenvalue weighted by atomic mass is 32.2. The van der Waals surface area contributed by atoms with Gasteiger partial charge in [0.1, 0.15) is 10.7 Å². The monoisotopic (exact) mass is 316 g/mol. The molecule has 1 aromatic heterocycles. The van der Waals surface area contributed by atoms with Crippen LogP contribution in [0.5, 0.6) is 0 Å². The van der Waals surface area contributed by atoms with Crippen LogP contribution >= 0.6 is 23.1 Å². The molecule has 0 bridgehead atoms. The highest BCUT2D eigenvalue weighted by molar-refractivity contribution is 7.99. The van der Waals surface area contributed by atoms with Crippen molar-refractivity contribution in [2.45, 2.75) is 33.2 Å². The SMILES string of the molecule is CCCN(C)c1nc(N)c(C(=O)NC(C)CSCC)s1. The van der Waals surface area contributed by atoms with Gasteiger partial charge in [-0.05, 0) is 19.1 Å². The zero-order valence-corrected chi connectivity index (χ0v) is 14.2. The first kappa shape index (κ1) is 17.1. The van der Waals surface area contributed by atoms with Gasteiger partial charge in [-0.25, -0.2) is 4.98 Å². The molecule has 0 saturated carbocycles. The summed E-state index contributed by atoms with van der Waals surface area (Å²) < 4.78 is 0. The smallest absolute Gasteiger partial charge is 0.265 e. The lowest BCUT2D eigenvalue weighted by atomic mass is 10.3. The van der Waals surface area contributed by atoms with Gasteiger partial charge in [0.25, 0.3) is 5.91 Å². The summed E-state index contributed by atoms with van der Waals surface area (Å²) in [7, 11) is 1.96. The van der Waals surface area contributed by atoms with Gasteiger partial charge in [-0.3, -0.25) is 4.79 Å². The molecule has 1 amide bonds. The fourth-order valence-corrected chi connectivity index (χ4v) is 3.25. The number of thiazole rings is 1. The van der Waals surface area contributed by atoms with Crippen LogP contribution in [-0.2, 0) is 0 Å². The topological polar surface area (TPSA) is 71.2 Å². The second-order valence-corrected chi connectivity index (χ2v) is 6.96. The Morgan fingerprint density at radius 3 is 2.85 bits per heavy atom. The Morgan fingerprint density at radius 1 is 1.55 bits per heavy atom. The standard InChI is InChI=1S/C13H24N4OS2/c1-5-7-17(4)13-16-11(14)10(20-13)12(18)15-9(3)8-19-6-2/h9H,5-8,14H2,1-4H3,(H,15,18). The number of rotatable bonds is 8. The summed E-state index contributed by atoms with van der Waals surface area (Å²) in [5.74, 6) is 2.15. The summed E-state index contributed by atoms with van der Waals surface area (Å²) in [6.07, 6.45) is 1.03. The number of hydrogen-bond acceptors (Lipinski definition) is 6.